The van der Waals surface area contributed by atoms with Gasteiger partial charge in [0.2, 0.25) is 0 Å². The lowest BCUT2D eigenvalue weighted by Gasteiger charge is -2.18. The molecule has 2 aliphatic carbocycles. The fraction of sp³-hybridized carbons (Fsp3) is 0.714. The SMILES string of the molecule is COC(=O)CCc1csc(C2CC3CCC2C3)n1. The van der Waals surface area contributed by atoms with E-state index in [0.29, 0.717) is 18.8 Å². The Balaban J connectivity index is 1.61. The summed E-state index contributed by atoms with van der Waals surface area (Å²) in [6, 6.07) is 0. The van der Waals surface area contributed by atoms with Crippen LogP contribution < -0.4 is 0 Å². The zero-order valence-electron chi connectivity index (χ0n) is 10.7. The smallest absolute Gasteiger partial charge is 0.305 e. The number of hydrogen-bond donors (Lipinski definition) is 0. The molecule has 2 fully saturated rings. The van der Waals surface area contributed by atoms with Crippen LogP contribution >= 0.6 is 11.3 Å². The minimum atomic E-state index is -0.149. The maximum absolute atomic E-state index is 11.1. The van der Waals surface area contributed by atoms with Gasteiger partial charge in [0.25, 0.3) is 0 Å². The molecule has 0 spiro atoms. The first-order valence-electron chi connectivity index (χ1n) is 6.77. The molecule has 3 rings (SSSR count). The van der Waals surface area contributed by atoms with Crippen molar-refractivity contribution in [3.63, 3.8) is 0 Å². The summed E-state index contributed by atoms with van der Waals surface area (Å²) in [5, 5.41) is 3.42. The minimum Gasteiger partial charge on any atom is -0.469 e. The molecule has 0 radical (unpaired) electrons. The Bertz CT molecular complexity index is 443. The van der Waals surface area contributed by atoms with E-state index >= 15 is 0 Å². The normalized spacial score (nSPS) is 29.7. The largest absolute Gasteiger partial charge is 0.469 e. The van der Waals surface area contributed by atoms with Crippen LogP contribution in [0.4, 0.5) is 0 Å². The Morgan fingerprint density at radius 2 is 2.39 bits per heavy atom. The Morgan fingerprint density at radius 3 is 3.06 bits per heavy atom. The molecule has 3 nitrogen and oxygen atoms in total. The highest BCUT2D eigenvalue weighted by Crippen LogP contribution is 2.53. The van der Waals surface area contributed by atoms with Gasteiger partial charge < -0.3 is 4.74 Å². The van der Waals surface area contributed by atoms with E-state index in [1.165, 1.54) is 37.8 Å². The highest BCUT2D eigenvalue weighted by Gasteiger charge is 2.41. The third-order valence-corrected chi connectivity index (χ3v) is 5.46. The van der Waals surface area contributed by atoms with Crippen molar-refractivity contribution < 1.29 is 9.53 Å². The van der Waals surface area contributed by atoms with E-state index in [-0.39, 0.29) is 5.97 Å². The van der Waals surface area contributed by atoms with Crippen LogP contribution in [0.25, 0.3) is 0 Å². The predicted molar refractivity (Wildman–Crippen MR) is 70.6 cm³/mol. The predicted octanol–water partition coefficient (Wildman–Crippen LogP) is 3.15. The summed E-state index contributed by atoms with van der Waals surface area (Å²) < 4.78 is 4.66. The van der Waals surface area contributed by atoms with Crippen LogP contribution in [0.5, 0.6) is 0 Å². The van der Waals surface area contributed by atoms with E-state index in [1.807, 2.05) is 0 Å². The number of rotatable bonds is 4. The van der Waals surface area contributed by atoms with Gasteiger partial charge in [-0.05, 0) is 31.1 Å². The van der Waals surface area contributed by atoms with Gasteiger partial charge in [-0.25, -0.2) is 4.98 Å². The third-order valence-electron chi connectivity index (χ3n) is 4.44. The molecule has 1 aromatic rings. The first kappa shape index (κ1) is 12.2. The minimum absolute atomic E-state index is 0.149. The monoisotopic (exact) mass is 265 g/mol. The van der Waals surface area contributed by atoms with Gasteiger partial charge in [-0.15, -0.1) is 11.3 Å². The lowest BCUT2D eigenvalue weighted by atomic mass is 9.89. The zero-order valence-corrected chi connectivity index (χ0v) is 11.5. The number of hydrogen-bond acceptors (Lipinski definition) is 4. The second-order valence-corrected chi connectivity index (χ2v) is 6.42. The number of esters is 1. The molecule has 0 N–H and O–H groups in total. The van der Waals surface area contributed by atoms with E-state index in [2.05, 4.69) is 10.1 Å². The van der Waals surface area contributed by atoms with Gasteiger partial charge in [0.15, 0.2) is 0 Å². The number of methoxy groups -OCH3 is 1. The summed E-state index contributed by atoms with van der Waals surface area (Å²) in [7, 11) is 1.43. The van der Waals surface area contributed by atoms with Crippen molar-refractivity contribution in [2.75, 3.05) is 7.11 Å². The Kier molecular flexibility index (Phi) is 3.37. The number of thiazole rings is 1. The highest BCUT2D eigenvalue weighted by molar-refractivity contribution is 7.09. The van der Waals surface area contributed by atoms with E-state index in [4.69, 9.17) is 4.98 Å². The van der Waals surface area contributed by atoms with Crippen molar-refractivity contribution in [1.82, 2.24) is 4.98 Å². The summed E-state index contributed by atoms with van der Waals surface area (Å²) >= 11 is 1.78. The lowest BCUT2D eigenvalue weighted by Crippen LogP contribution is -2.08. The van der Waals surface area contributed by atoms with Crippen LogP contribution in [0, 0.1) is 11.8 Å². The van der Waals surface area contributed by atoms with Gasteiger partial charge >= 0.3 is 5.97 Å². The molecule has 1 heterocycles. The van der Waals surface area contributed by atoms with E-state index in [1.54, 1.807) is 11.3 Å². The van der Waals surface area contributed by atoms with Crippen LogP contribution in [-0.2, 0) is 16.0 Å². The molecular formula is C14H19NO2S. The van der Waals surface area contributed by atoms with Gasteiger partial charge in [0.05, 0.1) is 24.2 Å². The molecule has 0 saturated heterocycles. The van der Waals surface area contributed by atoms with Crippen LogP contribution in [-0.4, -0.2) is 18.1 Å². The average molecular weight is 265 g/mol. The fourth-order valence-electron chi connectivity index (χ4n) is 3.49. The summed E-state index contributed by atoms with van der Waals surface area (Å²) in [4.78, 5) is 15.8. The summed E-state index contributed by atoms with van der Waals surface area (Å²) in [6.07, 6.45) is 6.74. The van der Waals surface area contributed by atoms with Crippen LogP contribution in [0.3, 0.4) is 0 Å². The molecule has 3 atom stereocenters. The molecule has 0 aliphatic heterocycles. The maximum atomic E-state index is 11.1. The molecule has 0 aromatic carbocycles. The van der Waals surface area contributed by atoms with Crippen molar-refractivity contribution in [2.45, 2.75) is 44.4 Å². The zero-order chi connectivity index (χ0) is 12.5. The molecule has 98 valence electrons. The second-order valence-electron chi connectivity index (χ2n) is 5.53. The first-order chi connectivity index (χ1) is 8.76. The number of carbonyl (C=O) groups is 1. The second kappa shape index (κ2) is 5.00. The topological polar surface area (TPSA) is 39.2 Å². The quantitative estimate of drug-likeness (QED) is 0.785. The summed E-state index contributed by atoms with van der Waals surface area (Å²) in [5.74, 6) is 2.40. The molecule has 1 aromatic heterocycles. The number of aryl methyl sites for hydroxylation is 1. The van der Waals surface area contributed by atoms with E-state index in [9.17, 15) is 4.79 Å². The van der Waals surface area contributed by atoms with Gasteiger partial charge in [-0.2, -0.15) is 0 Å². The van der Waals surface area contributed by atoms with Gasteiger partial charge in [0, 0.05) is 17.7 Å². The molecule has 18 heavy (non-hydrogen) atoms. The van der Waals surface area contributed by atoms with Crippen molar-refractivity contribution in [3.8, 4) is 0 Å². The molecule has 3 unspecified atom stereocenters. The Hall–Kier alpha value is -0.900. The number of carbonyl (C=O) groups excluding carboxylic acids is 1. The first-order valence-corrected chi connectivity index (χ1v) is 7.65. The average Bonchev–Trinajstić information content (AvgIpc) is 3.10. The number of ether oxygens (including phenoxy) is 1. The van der Waals surface area contributed by atoms with E-state index < -0.39 is 0 Å². The van der Waals surface area contributed by atoms with Gasteiger partial charge in [-0.1, -0.05) is 6.42 Å². The third kappa shape index (κ3) is 2.30. The maximum Gasteiger partial charge on any atom is 0.305 e. The van der Waals surface area contributed by atoms with Crippen LogP contribution in [0.15, 0.2) is 5.38 Å². The summed E-state index contributed by atoms with van der Waals surface area (Å²) in [6.45, 7) is 0. The highest BCUT2D eigenvalue weighted by atomic mass is 32.1. The molecule has 0 amide bonds. The molecular weight excluding hydrogens is 246 g/mol. The van der Waals surface area contributed by atoms with Crippen LogP contribution in [0.2, 0.25) is 0 Å². The van der Waals surface area contributed by atoms with Crippen molar-refractivity contribution in [1.29, 1.82) is 0 Å². The molecule has 4 heteroatoms. The number of aromatic nitrogens is 1. The Labute approximate surface area is 112 Å². The summed E-state index contributed by atoms with van der Waals surface area (Å²) in [5.41, 5.74) is 1.06. The standard InChI is InChI=1S/C14H19NO2S/c1-17-13(16)5-4-11-8-18-14(15-11)12-7-9-2-3-10(12)6-9/h8-10,12H,2-7H2,1H3. The van der Waals surface area contributed by atoms with Crippen LogP contribution in [0.1, 0.15) is 48.7 Å². The van der Waals surface area contributed by atoms with Gasteiger partial charge in [0.1, 0.15) is 0 Å². The number of fused-ring (bicyclic) bond motifs is 2. The van der Waals surface area contributed by atoms with Crippen molar-refractivity contribution in [3.05, 3.63) is 16.1 Å². The fourth-order valence-corrected chi connectivity index (χ4v) is 4.55. The van der Waals surface area contributed by atoms with Crippen molar-refractivity contribution >= 4 is 17.3 Å². The van der Waals surface area contributed by atoms with E-state index in [0.717, 1.165) is 17.5 Å². The molecule has 2 bridgehead atoms. The van der Waals surface area contributed by atoms with Gasteiger partial charge in [-0.3, -0.25) is 4.79 Å². The molecule has 2 aliphatic rings. The Morgan fingerprint density at radius 1 is 1.50 bits per heavy atom. The lowest BCUT2D eigenvalue weighted by molar-refractivity contribution is -0.140. The number of nitrogens with zero attached hydrogens (tertiary/aromatic N) is 1. The molecule has 2 saturated carbocycles. The van der Waals surface area contributed by atoms with Crippen molar-refractivity contribution in [2.24, 2.45) is 11.8 Å².